The van der Waals surface area contributed by atoms with Gasteiger partial charge in [0.25, 0.3) is 0 Å². The van der Waals surface area contributed by atoms with Gasteiger partial charge in [0.05, 0.1) is 6.54 Å². The van der Waals surface area contributed by atoms with E-state index < -0.39 is 0 Å². The van der Waals surface area contributed by atoms with E-state index in [4.69, 9.17) is 0 Å². The highest BCUT2D eigenvalue weighted by atomic mass is 32.1. The standard InChI is InChI=1S/C15H28N4S/c1-12-7-8-13(20-12)9-17-14(16-4)18-10-15(2,3)11-19(5)6/h7-8H,9-11H2,1-6H3,(H2,16,17,18). The van der Waals surface area contributed by atoms with Crippen molar-refractivity contribution < 1.29 is 0 Å². The molecule has 0 saturated heterocycles. The summed E-state index contributed by atoms with van der Waals surface area (Å²) in [5, 5.41) is 6.77. The zero-order valence-corrected chi connectivity index (χ0v) is 14.4. The van der Waals surface area contributed by atoms with Gasteiger partial charge in [-0.1, -0.05) is 13.8 Å². The summed E-state index contributed by atoms with van der Waals surface area (Å²) in [4.78, 5) is 9.17. The van der Waals surface area contributed by atoms with Crippen LogP contribution in [0.5, 0.6) is 0 Å². The minimum absolute atomic E-state index is 0.209. The maximum absolute atomic E-state index is 4.28. The first kappa shape index (κ1) is 17.0. The van der Waals surface area contributed by atoms with Gasteiger partial charge in [0.15, 0.2) is 5.96 Å². The second-order valence-electron chi connectivity index (χ2n) is 6.19. The summed E-state index contributed by atoms with van der Waals surface area (Å²) in [5.74, 6) is 0.864. The number of rotatable bonds is 6. The number of nitrogens with zero attached hydrogens (tertiary/aromatic N) is 2. The maximum Gasteiger partial charge on any atom is 0.191 e. The Labute approximate surface area is 127 Å². The second-order valence-corrected chi connectivity index (χ2v) is 7.57. The normalized spacial score (nSPS) is 12.8. The predicted octanol–water partition coefficient (Wildman–Crippen LogP) is 2.31. The number of aryl methyl sites for hydroxylation is 1. The lowest BCUT2D eigenvalue weighted by molar-refractivity contribution is 0.241. The van der Waals surface area contributed by atoms with Crippen molar-refractivity contribution in [2.24, 2.45) is 10.4 Å². The minimum atomic E-state index is 0.209. The van der Waals surface area contributed by atoms with Crippen molar-refractivity contribution >= 4 is 17.3 Å². The highest BCUT2D eigenvalue weighted by molar-refractivity contribution is 7.11. The Morgan fingerprint density at radius 1 is 1.30 bits per heavy atom. The van der Waals surface area contributed by atoms with E-state index in [1.807, 2.05) is 18.4 Å². The summed E-state index contributed by atoms with van der Waals surface area (Å²) in [5.41, 5.74) is 0.209. The molecule has 0 unspecified atom stereocenters. The van der Waals surface area contributed by atoms with Gasteiger partial charge in [0.1, 0.15) is 0 Å². The molecule has 1 aromatic rings. The summed E-state index contributed by atoms with van der Waals surface area (Å²) in [7, 11) is 6.02. The highest BCUT2D eigenvalue weighted by Gasteiger charge is 2.19. The summed E-state index contributed by atoms with van der Waals surface area (Å²) in [6.45, 7) is 9.42. The summed E-state index contributed by atoms with van der Waals surface area (Å²) >= 11 is 1.82. The monoisotopic (exact) mass is 296 g/mol. The molecular weight excluding hydrogens is 268 g/mol. The second kappa shape index (κ2) is 7.64. The van der Waals surface area contributed by atoms with Gasteiger partial charge in [0.2, 0.25) is 0 Å². The number of guanidine groups is 1. The quantitative estimate of drug-likeness (QED) is 0.625. The van der Waals surface area contributed by atoms with Crippen LogP contribution in [0.3, 0.4) is 0 Å². The predicted molar refractivity (Wildman–Crippen MR) is 89.6 cm³/mol. The molecule has 2 N–H and O–H groups in total. The van der Waals surface area contributed by atoms with Gasteiger partial charge in [-0.05, 0) is 38.6 Å². The maximum atomic E-state index is 4.28. The molecule has 0 aliphatic heterocycles. The van der Waals surface area contributed by atoms with E-state index in [0.29, 0.717) is 0 Å². The molecule has 0 spiro atoms. The van der Waals surface area contributed by atoms with Gasteiger partial charge in [-0.15, -0.1) is 11.3 Å². The topological polar surface area (TPSA) is 39.7 Å². The van der Waals surface area contributed by atoms with Crippen molar-refractivity contribution in [1.29, 1.82) is 0 Å². The molecule has 1 heterocycles. The van der Waals surface area contributed by atoms with Crippen LogP contribution in [0.15, 0.2) is 17.1 Å². The Bertz CT molecular complexity index is 435. The molecule has 1 aromatic heterocycles. The van der Waals surface area contributed by atoms with Crippen LogP contribution in [-0.2, 0) is 6.54 Å². The number of aliphatic imine (C=N–C) groups is 1. The van der Waals surface area contributed by atoms with Gasteiger partial charge in [0, 0.05) is 29.9 Å². The molecule has 0 atom stereocenters. The van der Waals surface area contributed by atoms with E-state index >= 15 is 0 Å². The molecule has 114 valence electrons. The van der Waals surface area contributed by atoms with E-state index in [1.165, 1.54) is 9.75 Å². The van der Waals surface area contributed by atoms with E-state index in [1.54, 1.807) is 0 Å². The first-order valence-electron chi connectivity index (χ1n) is 6.97. The SMILES string of the molecule is CN=C(NCc1ccc(C)s1)NCC(C)(C)CN(C)C. The largest absolute Gasteiger partial charge is 0.356 e. The van der Waals surface area contributed by atoms with Crippen LogP contribution in [0, 0.1) is 12.3 Å². The number of nitrogens with one attached hydrogen (secondary N) is 2. The molecular formula is C15H28N4S. The van der Waals surface area contributed by atoms with Crippen molar-refractivity contribution in [3.05, 3.63) is 21.9 Å². The van der Waals surface area contributed by atoms with Crippen LogP contribution in [0.4, 0.5) is 0 Å². The van der Waals surface area contributed by atoms with Gasteiger partial charge in [-0.2, -0.15) is 0 Å². The van der Waals surface area contributed by atoms with Gasteiger partial charge in [-0.3, -0.25) is 4.99 Å². The molecule has 20 heavy (non-hydrogen) atoms. The Morgan fingerprint density at radius 2 is 2.00 bits per heavy atom. The van der Waals surface area contributed by atoms with Gasteiger partial charge >= 0.3 is 0 Å². The third-order valence-corrected chi connectivity index (χ3v) is 3.93. The Balaban J connectivity index is 2.40. The minimum Gasteiger partial charge on any atom is -0.356 e. The molecule has 0 amide bonds. The number of hydrogen-bond donors (Lipinski definition) is 2. The van der Waals surface area contributed by atoms with E-state index in [-0.39, 0.29) is 5.41 Å². The van der Waals surface area contributed by atoms with Crippen LogP contribution in [0.2, 0.25) is 0 Å². The zero-order valence-electron chi connectivity index (χ0n) is 13.6. The zero-order chi connectivity index (χ0) is 15.2. The lowest BCUT2D eigenvalue weighted by atomic mass is 9.93. The molecule has 4 nitrogen and oxygen atoms in total. The average molecular weight is 296 g/mol. The van der Waals surface area contributed by atoms with E-state index in [9.17, 15) is 0 Å². The lowest BCUT2D eigenvalue weighted by Gasteiger charge is -2.29. The molecule has 5 heteroatoms. The van der Waals surface area contributed by atoms with Crippen molar-refractivity contribution in [2.75, 3.05) is 34.2 Å². The van der Waals surface area contributed by atoms with Crippen molar-refractivity contribution in [3.63, 3.8) is 0 Å². The summed E-state index contributed by atoms with van der Waals surface area (Å²) in [6.07, 6.45) is 0. The fraction of sp³-hybridized carbons (Fsp3) is 0.667. The fourth-order valence-corrected chi connectivity index (χ4v) is 3.04. The van der Waals surface area contributed by atoms with Crippen LogP contribution in [0.25, 0.3) is 0 Å². The smallest absolute Gasteiger partial charge is 0.191 e. The van der Waals surface area contributed by atoms with Crippen LogP contribution in [-0.4, -0.2) is 45.1 Å². The summed E-state index contributed by atoms with van der Waals surface area (Å²) in [6, 6.07) is 4.31. The molecule has 0 aliphatic rings. The molecule has 0 radical (unpaired) electrons. The Morgan fingerprint density at radius 3 is 2.50 bits per heavy atom. The van der Waals surface area contributed by atoms with Crippen molar-refractivity contribution in [1.82, 2.24) is 15.5 Å². The first-order chi connectivity index (χ1) is 9.32. The third-order valence-electron chi connectivity index (χ3n) is 2.93. The van der Waals surface area contributed by atoms with E-state index in [0.717, 1.165) is 25.6 Å². The fourth-order valence-electron chi connectivity index (χ4n) is 2.21. The van der Waals surface area contributed by atoms with Gasteiger partial charge < -0.3 is 15.5 Å². The van der Waals surface area contributed by atoms with Crippen molar-refractivity contribution in [2.45, 2.75) is 27.3 Å². The number of hydrogen-bond acceptors (Lipinski definition) is 3. The van der Waals surface area contributed by atoms with E-state index in [2.05, 4.69) is 67.5 Å². The van der Waals surface area contributed by atoms with Crippen LogP contribution < -0.4 is 10.6 Å². The summed E-state index contributed by atoms with van der Waals surface area (Å²) < 4.78 is 0. The highest BCUT2D eigenvalue weighted by Crippen LogP contribution is 2.15. The molecule has 0 aliphatic carbocycles. The molecule has 1 rings (SSSR count). The lowest BCUT2D eigenvalue weighted by Crippen LogP contribution is -2.44. The van der Waals surface area contributed by atoms with Crippen LogP contribution >= 0.6 is 11.3 Å². The number of thiophene rings is 1. The first-order valence-corrected chi connectivity index (χ1v) is 7.78. The molecule has 0 saturated carbocycles. The van der Waals surface area contributed by atoms with Gasteiger partial charge in [-0.25, -0.2) is 0 Å². The Kier molecular flexibility index (Phi) is 6.49. The molecule has 0 fully saturated rings. The van der Waals surface area contributed by atoms with Crippen molar-refractivity contribution in [3.8, 4) is 0 Å². The average Bonchev–Trinajstić information content (AvgIpc) is 2.73. The Hall–Kier alpha value is -1.07. The molecule has 0 aromatic carbocycles. The third kappa shape index (κ3) is 6.39. The molecule has 0 bridgehead atoms. The van der Waals surface area contributed by atoms with Crippen LogP contribution in [0.1, 0.15) is 23.6 Å².